The number of hydrogen-bond donors (Lipinski definition) is 3. The molecule has 1 aromatic heterocycles. The summed E-state index contributed by atoms with van der Waals surface area (Å²) in [6, 6.07) is 3.25. The Hall–Kier alpha value is -2.49. The highest BCUT2D eigenvalue weighted by Gasteiger charge is 2.35. The molecule has 0 aliphatic carbocycles. The van der Waals surface area contributed by atoms with Gasteiger partial charge >= 0.3 is 0 Å². The number of aliphatic hydroxyl groups is 1. The first-order valence-corrected chi connectivity index (χ1v) is 10.3. The number of rotatable bonds is 6. The van der Waals surface area contributed by atoms with Crippen molar-refractivity contribution >= 4 is 23.4 Å². The van der Waals surface area contributed by atoms with E-state index in [0.717, 1.165) is 0 Å². The monoisotopic (exact) mass is 452 g/mol. The Morgan fingerprint density at radius 1 is 1.39 bits per heavy atom. The standard InChI is InChI=1S/C21H26ClFN4O4/c1-21(2,3)18(20(30)24-7-8-28)25-19(29)17-13-11-31-9-6-15(13)27(26-17)16-10-12(22)4-5-14(16)23/h4-5,10,18,28H,6-9,11H2,1-3H3,(H,24,30)(H,25,29). The second kappa shape index (κ2) is 9.33. The van der Waals surface area contributed by atoms with Gasteiger partial charge in [-0.05, 0) is 23.6 Å². The predicted octanol–water partition coefficient (Wildman–Crippen LogP) is 1.99. The molecule has 0 saturated carbocycles. The SMILES string of the molecule is CC(C)(C)C(NC(=O)c1nn(-c2cc(Cl)ccc2F)c2c1COCC2)C(=O)NCCO. The van der Waals surface area contributed by atoms with Gasteiger partial charge in [0.25, 0.3) is 5.91 Å². The third kappa shape index (κ3) is 5.06. The average Bonchev–Trinajstić information content (AvgIpc) is 3.10. The molecule has 1 atom stereocenters. The van der Waals surface area contributed by atoms with Crippen molar-refractivity contribution < 1.29 is 23.8 Å². The number of halogens is 2. The number of hydrogen-bond acceptors (Lipinski definition) is 5. The van der Waals surface area contributed by atoms with Crippen molar-refractivity contribution in [1.29, 1.82) is 0 Å². The van der Waals surface area contributed by atoms with E-state index in [9.17, 15) is 14.0 Å². The number of carbonyl (C=O) groups is 2. The van der Waals surface area contributed by atoms with E-state index in [1.54, 1.807) is 0 Å². The summed E-state index contributed by atoms with van der Waals surface area (Å²) in [5, 5.41) is 19.0. The van der Waals surface area contributed by atoms with Crippen molar-refractivity contribution in [1.82, 2.24) is 20.4 Å². The van der Waals surface area contributed by atoms with Crippen LogP contribution in [0.15, 0.2) is 18.2 Å². The van der Waals surface area contributed by atoms with Gasteiger partial charge in [0.05, 0.1) is 25.5 Å². The van der Waals surface area contributed by atoms with Crippen LogP contribution >= 0.6 is 11.6 Å². The zero-order chi connectivity index (χ0) is 22.8. The van der Waals surface area contributed by atoms with Gasteiger partial charge in [-0.15, -0.1) is 0 Å². The Morgan fingerprint density at radius 2 is 2.13 bits per heavy atom. The number of carbonyl (C=O) groups excluding carboxylic acids is 2. The number of fused-ring (bicyclic) bond motifs is 1. The van der Waals surface area contributed by atoms with E-state index in [1.807, 2.05) is 20.8 Å². The molecule has 10 heteroatoms. The number of nitrogens with zero attached hydrogens (tertiary/aromatic N) is 2. The molecule has 0 radical (unpaired) electrons. The third-order valence-corrected chi connectivity index (χ3v) is 5.22. The summed E-state index contributed by atoms with van der Waals surface area (Å²) in [5.41, 5.74) is 0.810. The lowest BCUT2D eigenvalue weighted by Crippen LogP contribution is -2.54. The number of amides is 2. The average molecular weight is 453 g/mol. The zero-order valence-electron chi connectivity index (χ0n) is 17.7. The van der Waals surface area contributed by atoms with Gasteiger partial charge in [0.15, 0.2) is 5.69 Å². The van der Waals surface area contributed by atoms with Crippen molar-refractivity contribution in [2.45, 2.75) is 39.8 Å². The molecule has 2 aromatic rings. The summed E-state index contributed by atoms with van der Waals surface area (Å²) in [6.07, 6.45) is 0.446. The Balaban J connectivity index is 1.98. The van der Waals surface area contributed by atoms with Crippen LogP contribution in [0.3, 0.4) is 0 Å². The molecule has 0 spiro atoms. The van der Waals surface area contributed by atoms with Gasteiger partial charge in [-0.3, -0.25) is 9.59 Å². The molecular formula is C21H26ClFN4O4. The second-order valence-corrected chi connectivity index (χ2v) is 8.81. The lowest BCUT2D eigenvalue weighted by atomic mass is 9.86. The molecule has 0 fully saturated rings. The van der Waals surface area contributed by atoms with Crippen molar-refractivity contribution in [3.8, 4) is 5.69 Å². The molecule has 1 aliphatic rings. The van der Waals surface area contributed by atoms with Gasteiger partial charge in [-0.2, -0.15) is 5.10 Å². The smallest absolute Gasteiger partial charge is 0.272 e. The molecule has 0 saturated heterocycles. The maximum Gasteiger partial charge on any atom is 0.272 e. The minimum atomic E-state index is -0.875. The van der Waals surface area contributed by atoms with Crippen LogP contribution in [0.5, 0.6) is 0 Å². The first kappa shape index (κ1) is 23.2. The molecular weight excluding hydrogens is 427 g/mol. The van der Waals surface area contributed by atoms with Crippen LogP contribution in [-0.2, 0) is 22.6 Å². The van der Waals surface area contributed by atoms with Crippen LogP contribution in [-0.4, -0.2) is 52.5 Å². The highest BCUT2D eigenvalue weighted by atomic mass is 35.5. The van der Waals surface area contributed by atoms with E-state index in [4.69, 9.17) is 21.4 Å². The van der Waals surface area contributed by atoms with E-state index in [2.05, 4.69) is 15.7 Å². The van der Waals surface area contributed by atoms with Crippen LogP contribution in [0.2, 0.25) is 5.02 Å². The molecule has 1 unspecified atom stereocenters. The Labute approximate surface area is 184 Å². The highest BCUT2D eigenvalue weighted by molar-refractivity contribution is 6.30. The number of aliphatic hydroxyl groups excluding tert-OH is 1. The Morgan fingerprint density at radius 3 is 2.81 bits per heavy atom. The molecule has 8 nitrogen and oxygen atoms in total. The molecule has 31 heavy (non-hydrogen) atoms. The fourth-order valence-corrected chi connectivity index (χ4v) is 3.59. The normalized spacial score (nSPS) is 14.6. The first-order chi connectivity index (χ1) is 14.6. The Kier molecular flexibility index (Phi) is 6.98. The summed E-state index contributed by atoms with van der Waals surface area (Å²) in [6.45, 7) is 5.87. The van der Waals surface area contributed by atoms with Crippen molar-refractivity contribution in [3.63, 3.8) is 0 Å². The molecule has 1 aromatic carbocycles. The fourth-order valence-electron chi connectivity index (χ4n) is 3.42. The van der Waals surface area contributed by atoms with Crippen LogP contribution in [0.25, 0.3) is 5.69 Å². The van der Waals surface area contributed by atoms with Crippen LogP contribution in [0, 0.1) is 11.2 Å². The Bertz CT molecular complexity index is 986. The molecule has 0 bridgehead atoms. The topological polar surface area (TPSA) is 105 Å². The first-order valence-electron chi connectivity index (χ1n) is 9.97. The number of benzene rings is 1. The van der Waals surface area contributed by atoms with Crippen LogP contribution in [0.1, 0.15) is 42.5 Å². The quantitative estimate of drug-likeness (QED) is 0.621. The lowest BCUT2D eigenvalue weighted by Gasteiger charge is -2.30. The molecule has 2 heterocycles. The largest absolute Gasteiger partial charge is 0.395 e. The van der Waals surface area contributed by atoms with E-state index in [1.165, 1.54) is 22.9 Å². The molecule has 3 N–H and O–H groups in total. The molecule has 2 amide bonds. The summed E-state index contributed by atoms with van der Waals surface area (Å²) >= 11 is 6.04. The summed E-state index contributed by atoms with van der Waals surface area (Å²) in [4.78, 5) is 25.7. The van der Waals surface area contributed by atoms with Crippen molar-refractivity contribution in [2.24, 2.45) is 5.41 Å². The maximum atomic E-state index is 14.5. The number of aromatic nitrogens is 2. The van der Waals surface area contributed by atoms with Gasteiger partial charge in [-0.25, -0.2) is 9.07 Å². The van der Waals surface area contributed by atoms with Gasteiger partial charge in [-0.1, -0.05) is 32.4 Å². The van der Waals surface area contributed by atoms with Gasteiger partial charge < -0.3 is 20.5 Å². The third-order valence-electron chi connectivity index (χ3n) is 4.99. The zero-order valence-corrected chi connectivity index (χ0v) is 18.4. The van der Waals surface area contributed by atoms with E-state index < -0.39 is 29.1 Å². The number of ether oxygens (including phenoxy) is 1. The highest BCUT2D eigenvalue weighted by Crippen LogP contribution is 2.27. The van der Waals surface area contributed by atoms with E-state index in [0.29, 0.717) is 29.3 Å². The van der Waals surface area contributed by atoms with Gasteiger partial charge in [0.2, 0.25) is 5.91 Å². The fraction of sp³-hybridized carbons (Fsp3) is 0.476. The molecule has 1 aliphatic heterocycles. The maximum absolute atomic E-state index is 14.5. The van der Waals surface area contributed by atoms with Crippen molar-refractivity contribution in [3.05, 3.63) is 46.0 Å². The molecule has 3 rings (SSSR count). The van der Waals surface area contributed by atoms with Gasteiger partial charge in [0, 0.05) is 23.6 Å². The van der Waals surface area contributed by atoms with Crippen LogP contribution in [0.4, 0.5) is 4.39 Å². The minimum Gasteiger partial charge on any atom is -0.395 e. The van der Waals surface area contributed by atoms with Crippen LogP contribution < -0.4 is 10.6 Å². The summed E-state index contributed by atoms with van der Waals surface area (Å²) in [5.74, 6) is -1.51. The summed E-state index contributed by atoms with van der Waals surface area (Å²) < 4.78 is 21.4. The van der Waals surface area contributed by atoms with Crippen molar-refractivity contribution in [2.75, 3.05) is 19.8 Å². The lowest BCUT2D eigenvalue weighted by molar-refractivity contribution is -0.125. The number of nitrogens with one attached hydrogen (secondary N) is 2. The second-order valence-electron chi connectivity index (χ2n) is 8.37. The molecule has 168 valence electrons. The van der Waals surface area contributed by atoms with E-state index >= 15 is 0 Å². The van der Waals surface area contributed by atoms with E-state index in [-0.39, 0.29) is 31.1 Å². The minimum absolute atomic E-state index is 0.0679. The predicted molar refractivity (Wildman–Crippen MR) is 113 cm³/mol. The summed E-state index contributed by atoms with van der Waals surface area (Å²) in [7, 11) is 0. The van der Waals surface area contributed by atoms with Gasteiger partial charge in [0.1, 0.15) is 17.5 Å².